The predicted octanol–water partition coefficient (Wildman–Crippen LogP) is 4.61. The van der Waals surface area contributed by atoms with Crippen molar-refractivity contribution in [1.29, 1.82) is 5.26 Å². The molecule has 0 atom stereocenters. The molecule has 0 aliphatic heterocycles. The van der Waals surface area contributed by atoms with Crippen molar-refractivity contribution in [2.45, 2.75) is 19.1 Å². The Bertz CT molecular complexity index is 1020. The molecule has 0 radical (unpaired) electrons. The Morgan fingerprint density at radius 1 is 1.22 bits per heavy atom. The standard InChI is InChI=1S/C19H15ClN4O2S/c1-11-5-12(2)7-14(6-11)18-23-24-19(26-18)27-10-17(25)22-15-4-3-13(9-21)16(20)8-15/h3-8H,10H2,1-2H3,(H,22,25). The van der Waals surface area contributed by atoms with Crippen LogP contribution >= 0.6 is 23.4 Å². The van der Waals surface area contributed by atoms with E-state index in [-0.39, 0.29) is 16.7 Å². The smallest absolute Gasteiger partial charge is 0.277 e. The number of carbonyl (C=O) groups excluding carboxylic acids is 1. The number of thioether (sulfide) groups is 1. The van der Waals surface area contributed by atoms with Crippen molar-refractivity contribution in [2.75, 3.05) is 11.1 Å². The Balaban J connectivity index is 1.60. The van der Waals surface area contributed by atoms with Gasteiger partial charge in [-0.15, -0.1) is 10.2 Å². The van der Waals surface area contributed by atoms with Gasteiger partial charge in [0.2, 0.25) is 11.8 Å². The molecule has 1 heterocycles. The highest BCUT2D eigenvalue weighted by Gasteiger charge is 2.12. The Morgan fingerprint density at radius 3 is 2.63 bits per heavy atom. The fourth-order valence-electron chi connectivity index (χ4n) is 2.49. The van der Waals surface area contributed by atoms with Crippen molar-refractivity contribution in [3.8, 4) is 17.5 Å². The van der Waals surface area contributed by atoms with Crippen molar-refractivity contribution >= 4 is 35.0 Å². The number of nitrogens with one attached hydrogen (secondary N) is 1. The summed E-state index contributed by atoms with van der Waals surface area (Å²) in [5.41, 5.74) is 3.94. The minimum Gasteiger partial charge on any atom is -0.411 e. The molecule has 0 aliphatic carbocycles. The molecule has 136 valence electrons. The van der Waals surface area contributed by atoms with Crippen LogP contribution in [-0.2, 0) is 4.79 Å². The maximum atomic E-state index is 12.1. The van der Waals surface area contributed by atoms with E-state index < -0.39 is 0 Å². The molecule has 0 fully saturated rings. The van der Waals surface area contributed by atoms with Crippen molar-refractivity contribution < 1.29 is 9.21 Å². The van der Waals surface area contributed by atoms with E-state index in [1.807, 2.05) is 32.0 Å². The van der Waals surface area contributed by atoms with Crippen LogP contribution in [-0.4, -0.2) is 21.9 Å². The molecular weight excluding hydrogens is 384 g/mol. The van der Waals surface area contributed by atoms with Gasteiger partial charge < -0.3 is 9.73 Å². The van der Waals surface area contributed by atoms with Crippen LogP contribution in [0.15, 0.2) is 46.0 Å². The fourth-order valence-corrected chi connectivity index (χ4v) is 3.28. The quantitative estimate of drug-likeness (QED) is 0.631. The number of halogens is 1. The SMILES string of the molecule is Cc1cc(C)cc(-c2nnc(SCC(=O)Nc3ccc(C#N)c(Cl)c3)o2)c1. The molecule has 0 aliphatic rings. The first kappa shape index (κ1) is 19.0. The summed E-state index contributed by atoms with van der Waals surface area (Å²) in [6.07, 6.45) is 0. The number of nitriles is 1. The van der Waals surface area contributed by atoms with E-state index in [1.54, 1.807) is 12.1 Å². The van der Waals surface area contributed by atoms with Gasteiger partial charge in [-0.2, -0.15) is 5.26 Å². The fraction of sp³-hybridized carbons (Fsp3) is 0.158. The van der Waals surface area contributed by atoms with Gasteiger partial charge in [0.15, 0.2) is 0 Å². The van der Waals surface area contributed by atoms with Crippen LogP contribution in [0.5, 0.6) is 0 Å². The monoisotopic (exact) mass is 398 g/mol. The molecule has 27 heavy (non-hydrogen) atoms. The summed E-state index contributed by atoms with van der Waals surface area (Å²) in [5, 5.41) is 20.2. The number of anilines is 1. The van der Waals surface area contributed by atoms with E-state index in [1.165, 1.54) is 6.07 Å². The maximum absolute atomic E-state index is 12.1. The lowest BCUT2D eigenvalue weighted by molar-refractivity contribution is -0.113. The number of nitrogens with zero attached hydrogens (tertiary/aromatic N) is 3. The Hall–Kier alpha value is -2.82. The number of amides is 1. The van der Waals surface area contributed by atoms with Crippen LogP contribution < -0.4 is 5.32 Å². The van der Waals surface area contributed by atoms with Gasteiger partial charge in [-0.25, -0.2) is 0 Å². The topological polar surface area (TPSA) is 91.8 Å². The van der Waals surface area contributed by atoms with Crippen LogP contribution in [0.2, 0.25) is 5.02 Å². The predicted molar refractivity (Wildman–Crippen MR) is 105 cm³/mol. The molecule has 3 rings (SSSR count). The number of hydrogen-bond acceptors (Lipinski definition) is 6. The molecule has 0 spiro atoms. The Morgan fingerprint density at radius 2 is 1.96 bits per heavy atom. The second-order valence-corrected chi connectivity index (χ2v) is 7.23. The molecule has 1 N–H and O–H groups in total. The number of aromatic nitrogens is 2. The second kappa shape index (κ2) is 8.25. The third-order valence-corrected chi connectivity index (χ3v) is 4.71. The zero-order valence-corrected chi connectivity index (χ0v) is 16.2. The summed E-state index contributed by atoms with van der Waals surface area (Å²) >= 11 is 7.10. The minimum absolute atomic E-state index is 0.103. The van der Waals surface area contributed by atoms with Crippen LogP contribution in [0.3, 0.4) is 0 Å². The molecule has 3 aromatic rings. The highest BCUT2D eigenvalue weighted by Crippen LogP contribution is 2.25. The van der Waals surface area contributed by atoms with Gasteiger partial charge in [-0.1, -0.05) is 40.6 Å². The molecule has 0 saturated heterocycles. The van der Waals surface area contributed by atoms with Gasteiger partial charge in [-0.05, 0) is 44.2 Å². The molecule has 8 heteroatoms. The summed E-state index contributed by atoms with van der Waals surface area (Å²) in [4.78, 5) is 12.1. The summed E-state index contributed by atoms with van der Waals surface area (Å²) < 4.78 is 5.63. The molecular formula is C19H15ClN4O2S. The Kier molecular flexibility index (Phi) is 5.79. The normalized spacial score (nSPS) is 10.4. The highest BCUT2D eigenvalue weighted by atomic mass is 35.5. The lowest BCUT2D eigenvalue weighted by Crippen LogP contribution is -2.14. The van der Waals surface area contributed by atoms with E-state index in [9.17, 15) is 4.79 Å². The van der Waals surface area contributed by atoms with Crippen LogP contribution in [0, 0.1) is 25.2 Å². The average Bonchev–Trinajstić information content (AvgIpc) is 3.08. The van der Waals surface area contributed by atoms with E-state index in [0.29, 0.717) is 22.4 Å². The van der Waals surface area contributed by atoms with Crippen molar-refractivity contribution in [3.63, 3.8) is 0 Å². The number of carbonyl (C=O) groups is 1. The van der Waals surface area contributed by atoms with Gasteiger partial charge in [0.1, 0.15) is 6.07 Å². The van der Waals surface area contributed by atoms with E-state index >= 15 is 0 Å². The second-order valence-electron chi connectivity index (χ2n) is 5.89. The van der Waals surface area contributed by atoms with E-state index in [2.05, 4.69) is 21.6 Å². The van der Waals surface area contributed by atoms with Gasteiger partial charge in [0, 0.05) is 11.3 Å². The summed E-state index contributed by atoms with van der Waals surface area (Å²) in [5.74, 6) is 0.280. The van der Waals surface area contributed by atoms with Gasteiger partial charge in [0.05, 0.1) is 16.3 Å². The minimum atomic E-state index is -0.244. The van der Waals surface area contributed by atoms with Gasteiger partial charge in [0.25, 0.3) is 5.22 Å². The summed E-state index contributed by atoms with van der Waals surface area (Å²) in [6.45, 7) is 4.00. The molecule has 0 unspecified atom stereocenters. The zero-order valence-electron chi connectivity index (χ0n) is 14.6. The Labute approximate surface area is 165 Å². The number of rotatable bonds is 5. The van der Waals surface area contributed by atoms with Crippen molar-refractivity contribution in [1.82, 2.24) is 10.2 Å². The maximum Gasteiger partial charge on any atom is 0.277 e. The van der Waals surface area contributed by atoms with Crippen molar-refractivity contribution in [2.24, 2.45) is 0 Å². The largest absolute Gasteiger partial charge is 0.411 e. The number of aryl methyl sites for hydroxylation is 2. The van der Waals surface area contributed by atoms with Gasteiger partial charge >= 0.3 is 0 Å². The third kappa shape index (κ3) is 4.88. The third-order valence-electron chi connectivity index (χ3n) is 3.58. The first-order valence-corrected chi connectivity index (χ1v) is 9.35. The lowest BCUT2D eigenvalue weighted by Gasteiger charge is -2.05. The van der Waals surface area contributed by atoms with E-state index in [4.69, 9.17) is 21.3 Å². The highest BCUT2D eigenvalue weighted by molar-refractivity contribution is 7.99. The van der Waals surface area contributed by atoms with Gasteiger partial charge in [-0.3, -0.25) is 4.79 Å². The van der Waals surface area contributed by atoms with Crippen LogP contribution in [0.4, 0.5) is 5.69 Å². The first-order chi connectivity index (χ1) is 12.9. The molecule has 1 aromatic heterocycles. The molecule has 1 amide bonds. The average molecular weight is 399 g/mol. The number of hydrogen-bond donors (Lipinski definition) is 1. The summed E-state index contributed by atoms with van der Waals surface area (Å²) in [7, 11) is 0. The van der Waals surface area contributed by atoms with Crippen LogP contribution in [0.25, 0.3) is 11.5 Å². The van der Waals surface area contributed by atoms with Crippen molar-refractivity contribution in [3.05, 3.63) is 58.1 Å². The van der Waals surface area contributed by atoms with Crippen LogP contribution in [0.1, 0.15) is 16.7 Å². The first-order valence-electron chi connectivity index (χ1n) is 7.99. The van der Waals surface area contributed by atoms with E-state index in [0.717, 1.165) is 28.5 Å². The molecule has 0 saturated carbocycles. The lowest BCUT2D eigenvalue weighted by atomic mass is 10.1. The molecule has 2 aromatic carbocycles. The summed E-state index contributed by atoms with van der Waals surface area (Å²) in [6, 6.07) is 12.7. The number of benzene rings is 2. The molecule has 0 bridgehead atoms. The zero-order chi connectivity index (χ0) is 19.4. The molecule has 6 nitrogen and oxygen atoms in total.